The van der Waals surface area contributed by atoms with Crippen LogP contribution in [-0.4, -0.2) is 26.2 Å². The lowest BCUT2D eigenvalue weighted by molar-refractivity contribution is 0.119. The molecule has 0 bridgehead atoms. The molecule has 0 aliphatic heterocycles. The minimum Gasteiger partial charge on any atom is -0.371 e. The molecule has 2 aromatic carbocycles. The molecule has 0 saturated heterocycles. The number of hydrogen-bond donors (Lipinski definition) is 0. The summed E-state index contributed by atoms with van der Waals surface area (Å²) in [5.41, 5.74) is 2.73. The zero-order valence-corrected chi connectivity index (χ0v) is 16.2. The van der Waals surface area contributed by atoms with E-state index < -0.39 is 0 Å². The normalized spacial score (nSPS) is 28.2. The van der Waals surface area contributed by atoms with Gasteiger partial charge in [0.25, 0.3) is 0 Å². The van der Waals surface area contributed by atoms with Crippen LogP contribution in [-0.2, 0) is 0 Å². The maximum atomic E-state index is 2.58. The van der Waals surface area contributed by atoms with Gasteiger partial charge < -0.3 is 9.80 Å². The Bertz CT molecular complexity index is 624. The van der Waals surface area contributed by atoms with E-state index in [1.54, 1.807) is 0 Å². The second-order valence-corrected chi connectivity index (χ2v) is 8.23. The van der Waals surface area contributed by atoms with Gasteiger partial charge in [0.15, 0.2) is 0 Å². The van der Waals surface area contributed by atoms with Gasteiger partial charge in [-0.15, -0.1) is 0 Å². The zero-order valence-electron chi connectivity index (χ0n) is 16.2. The van der Waals surface area contributed by atoms with Gasteiger partial charge in [0.2, 0.25) is 0 Å². The first-order valence-corrected chi connectivity index (χ1v) is 10.3. The van der Waals surface area contributed by atoms with Gasteiger partial charge in [-0.25, -0.2) is 0 Å². The van der Waals surface area contributed by atoms with Gasteiger partial charge in [-0.05, 0) is 55.9 Å². The summed E-state index contributed by atoms with van der Waals surface area (Å²) in [6, 6.07) is 23.3. The van der Waals surface area contributed by atoms with Crippen LogP contribution in [0.25, 0.3) is 0 Å². The van der Waals surface area contributed by atoms with Crippen molar-refractivity contribution < 1.29 is 0 Å². The molecule has 0 radical (unpaired) electrons. The van der Waals surface area contributed by atoms with Gasteiger partial charge in [0.1, 0.15) is 0 Å². The van der Waals surface area contributed by atoms with Crippen molar-refractivity contribution in [3.63, 3.8) is 0 Å². The molecular formula is C24H32N2. The van der Waals surface area contributed by atoms with Crippen LogP contribution in [0.5, 0.6) is 0 Å². The number of benzene rings is 2. The summed E-state index contributed by atoms with van der Waals surface area (Å²) in [7, 11) is 4.63. The molecule has 2 fully saturated rings. The van der Waals surface area contributed by atoms with E-state index in [0.29, 0.717) is 12.1 Å². The number of nitrogens with zero attached hydrogens (tertiary/aromatic N) is 2. The van der Waals surface area contributed by atoms with E-state index in [0.717, 1.165) is 11.8 Å². The summed E-state index contributed by atoms with van der Waals surface area (Å²) >= 11 is 0. The Morgan fingerprint density at radius 3 is 1.46 bits per heavy atom. The molecule has 0 N–H and O–H groups in total. The van der Waals surface area contributed by atoms with Crippen LogP contribution in [0.1, 0.15) is 38.5 Å². The SMILES string of the molecule is CN(c1ccccc1)C1CCCC2CCCC(N(C)c3ccccc3)C21. The summed E-state index contributed by atoms with van der Waals surface area (Å²) in [4.78, 5) is 5.15. The van der Waals surface area contributed by atoms with Crippen LogP contribution >= 0.6 is 0 Å². The van der Waals surface area contributed by atoms with Crippen LogP contribution in [0, 0.1) is 11.8 Å². The third kappa shape index (κ3) is 3.34. The fourth-order valence-corrected chi connectivity index (χ4v) is 5.59. The highest BCUT2D eigenvalue weighted by Gasteiger charge is 2.44. The molecule has 2 unspecified atom stereocenters. The number of para-hydroxylation sites is 2. The number of fused-ring (bicyclic) bond motifs is 1. The monoisotopic (exact) mass is 348 g/mol. The molecule has 2 nitrogen and oxygen atoms in total. The Morgan fingerprint density at radius 1 is 0.615 bits per heavy atom. The van der Waals surface area contributed by atoms with Crippen molar-refractivity contribution in [3.05, 3.63) is 60.7 Å². The molecule has 2 heteroatoms. The molecule has 4 rings (SSSR count). The quantitative estimate of drug-likeness (QED) is 0.710. The Balaban J connectivity index is 1.63. The average molecular weight is 349 g/mol. The number of hydrogen-bond acceptors (Lipinski definition) is 2. The standard InChI is InChI=1S/C24H32N2/c1-25(20-13-5-3-6-14-20)22-17-9-11-19-12-10-18-23(24(19)22)26(2)21-15-7-4-8-16-21/h3-8,13-16,19,22-24H,9-12,17-18H2,1-2H3. The molecule has 0 spiro atoms. The maximum absolute atomic E-state index is 2.58. The van der Waals surface area contributed by atoms with E-state index in [1.807, 2.05) is 0 Å². The summed E-state index contributed by atoms with van der Waals surface area (Å²) in [6.07, 6.45) is 8.25. The van der Waals surface area contributed by atoms with Gasteiger partial charge in [-0.3, -0.25) is 0 Å². The Kier molecular flexibility index (Phi) is 5.19. The van der Waals surface area contributed by atoms with Gasteiger partial charge in [0, 0.05) is 43.5 Å². The highest BCUT2D eigenvalue weighted by atomic mass is 15.2. The lowest BCUT2D eigenvalue weighted by Gasteiger charge is -2.52. The van der Waals surface area contributed by atoms with Crippen LogP contribution in [0.15, 0.2) is 60.7 Å². The molecule has 2 aliphatic rings. The minimum absolute atomic E-state index is 0.646. The average Bonchev–Trinajstić information content (AvgIpc) is 2.73. The highest BCUT2D eigenvalue weighted by molar-refractivity contribution is 5.49. The first-order valence-electron chi connectivity index (χ1n) is 10.3. The lowest BCUT2D eigenvalue weighted by Crippen LogP contribution is -2.55. The van der Waals surface area contributed by atoms with E-state index in [4.69, 9.17) is 0 Å². The highest BCUT2D eigenvalue weighted by Crippen LogP contribution is 2.45. The Hall–Kier alpha value is -1.96. The van der Waals surface area contributed by atoms with E-state index in [-0.39, 0.29) is 0 Å². The summed E-state index contributed by atoms with van der Waals surface area (Å²) in [5.74, 6) is 1.64. The first-order chi connectivity index (χ1) is 12.8. The van der Waals surface area contributed by atoms with Crippen LogP contribution in [0.3, 0.4) is 0 Å². The third-order valence-corrected chi connectivity index (χ3v) is 6.90. The Labute approximate surface area is 158 Å². The minimum atomic E-state index is 0.646. The van der Waals surface area contributed by atoms with Crippen molar-refractivity contribution in [3.8, 4) is 0 Å². The molecule has 2 saturated carbocycles. The van der Waals surface area contributed by atoms with Crippen molar-refractivity contribution in [1.82, 2.24) is 0 Å². The van der Waals surface area contributed by atoms with E-state index in [2.05, 4.69) is 84.6 Å². The predicted molar refractivity (Wildman–Crippen MR) is 112 cm³/mol. The van der Waals surface area contributed by atoms with Gasteiger partial charge in [-0.2, -0.15) is 0 Å². The third-order valence-electron chi connectivity index (χ3n) is 6.90. The summed E-state index contributed by atoms with van der Waals surface area (Å²) in [6.45, 7) is 0. The number of anilines is 2. The molecule has 0 heterocycles. The van der Waals surface area contributed by atoms with Crippen LogP contribution in [0.2, 0.25) is 0 Å². The van der Waals surface area contributed by atoms with Gasteiger partial charge in [-0.1, -0.05) is 49.2 Å². The number of rotatable bonds is 4. The van der Waals surface area contributed by atoms with Crippen molar-refractivity contribution in [2.24, 2.45) is 11.8 Å². The van der Waals surface area contributed by atoms with Crippen molar-refractivity contribution in [2.75, 3.05) is 23.9 Å². The molecule has 138 valence electrons. The molecular weight excluding hydrogens is 316 g/mol. The predicted octanol–water partition coefficient (Wildman–Crippen LogP) is 5.60. The molecule has 2 atom stereocenters. The first kappa shape index (κ1) is 17.5. The van der Waals surface area contributed by atoms with Crippen LogP contribution in [0.4, 0.5) is 11.4 Å². The van der Waals surface area contributed by atoms with Crippen molar-refractivity contribution in [1.29, 1.82) is 0 Å². The van der Waals surface area contributed by atoms with E-state index >= 15 is 0 Å². The molecule has 0 aromatic heterocycles. The molecule has 2 aromatic rings. The van der Waals surface area contributed by atoms with Crippen molar-refractivity contribution in [2.45, 2.75) is 50.6 Å². The molecule has 0 amide bonds. The van der Waals surface area contributed by atoms with E-state index in [9.17, 15) is 0 Å². The topological polar surface area (TPSA) is 6.48 Å². The fourth-order valence-electron chi connectivity index (χ4n) is 5.59. The van der Waals surface area contributed by atoms with Gasteiger partial charge in [0.05, 0.1) is 0 Å². The largest absolute Gasteiger partial charge is 0.371 e. The lowest BCUT2D eigenvalue weighted by atomic mass is 9.65. The summed E-state index contributed by atoms with van der Waals surface area (Å²) < 4.78 is 0. The van der Waals surface area contributed by atoms with Gasteiger partial charge >= 0.3 is 0 Å². The molecule has 2 aliphatic carbocycles. The summed E-state index contributed by atoms with van der Waals surface area (Å²) in [5, 5.41) is 0. The smallest absolute Gasteiger partial charge is 0.0366 e. The van der Waals surface area contributed by atoms with Crippen LogP contribution < -0.4 is 9.80 Å². The maximum Gasteiger partial charge on any atom is 0.0366 e. The second kappa shape index (κ2) is 7.73. The second-order valence-electron chi connectivity index (χ2n) is 8.23. The van der Waals surface area contributed by atoms with Crippen molar-refractivity contribution >= 4 is 11.4 Å². The fraction of sp³-hybridized carbons (Fsp3) is 0.500. The van der Waals surface area contributed by atoms with E-state index in [1.165, 1.54) is 49.9 Å². The zero-order chi connectivity index (χ0) is 17.9. The molecule has 26 heavy (non-hydrogen) atoms. The Morgan fingerprint density at radius 2 is 1.04 bits per heavy atom.